The van der Waals surface area contributed by atoms with Crippen molar-refractivity contribution >= 4 is 0 Å². The van der Waals surface area contributed by atoms with Crippen LogP contribution >= 0.6 is 0 Å². The molecule has 0 saturated heterocycles. The van der Waals surface area contributed by atoms with Gasteiger partial charge < -0.3 is 5.11 Å². The standard InChI is InChI=1S/C4H9NO3/c1-3(4(2)6)5(7)8/h3-4,6H,1-2H3/t3-,4-/m1/s1. The normalized spacial score (nSPS) is 17.4. The number of aliphatic hydroxyl groups excluding tert-OH is 1. The third kappa shape index (κ3) is 1.88. The van der Waals surface area contributed by atoms with E-state index in [2.05, 4.69) is 0 Å². The van der Waals surface area contributed by atoms with Gasteiger partial charge in [0.2, 0.25) is 6.04 Å². The van der Waals surface area contributed by atoms with Gasteiger partial charge in [-0.05, 0) is 6.92 Å². The molecule has 0 saturated carbocycles. The van der Waals surface area contributed by atoms with E-state index in [0.29, 0.717) is 0 Å². The van der Waals surface area contributed by atoms with Crippen LogP contribution in [0.25, 0.3) is 0 Å². The third-order valence-electron chi connectivity index (χ3n) is 1.03. The maximum Gasteiger partial charge on any atom is 0.235 e. The van der Waals surface area contributed by atoms with Crippen LogP contribution in [0.5, 0.6) is 0 Å². The van der Waals surface area contributed by atoms with E-state index in [4.69, 9.17) is 5.11 Å². The molecule has 4 heteroatoms. The van der Waals surface area contributed by atoms with Crippen molar-refractivity contribution in [2.45, 2.75) is 26.0 Å². The van der Waals surface area contributed by atoms with Crippen LogP contribution < -0.4 is 0 Å². The summed E-state index contributed by atoms with van der Waals surface area (Å²) in [5.74, 6) is 0. The minimum atomic E-state index is -0.856. The number of nitro groups is 1. The Morgan fingerprint density at radius 2 is 2.00 bits per heavy atom. The van der Waals surface area contributed by atoms with Crippen LogP contribution in [0.1, 0.15) is 13.8 Å². The molecule has 0 amide bonds. The lowest BCUT2D eigenvalue weighted by atomic mass is 10.2. The Bertz CT molecular complexity index is 91.3. The van der Waals surface area contributed by atoms with Crippen LogP contribution in [-0.4, -0.2) is 22.2 Å². The second-order valence-corrected chi connectivity index (χ2v) is 1.77. The fourth-order valence-electron chi connectivity index (χ4n) is 0.176. The summed E-state index contributed by atoms with van der Waals surface area (Å²) < 4.78 is 0. The SMILES string of the molecule is C[C@H]([C@@H](C)O)[N+](=O)[O-]. The molecule has 48 valence electrons. The number of nitrogens with zero attached hydrogens (tertiary/aromatic N) is 1. The van der Waals surface area contributed by atoms with Crippen molar-refractivity contribution in [3.05, 3.63) is 10.1 Å². The molecular weight excluding hydrogens is 110 g/mol. The second kappa shape index (κ2) is 2.61. The van der Waals surface area contributed by atoms with E-state index in [1.165, 1.54) is 13.8 Å². The van der Waals surface area contributed by atoms with E-state index in [0.717, 1.165) is 0 Å². The Labute approximate surface area is 47.3 Å². The Hall–Kier alpha value is -0.640. The van der Waals surface area contributed by atoms with Crippen LogP contribution in [0.3, 0.4) is 0 Å². The first-order valence-corrected chi connectivity index (χ1v) is 2.37. The molecule has 0 aliphatic rings. The van der Waals surface area contributed by atoms with Crippen molar-refractivity contribution in [3.8, 4) is 0 Å². The summed E-state index contributed by atoms with van der Waals surface area (Å²) in [6.45, 7) is 2.76. The zero-order valence-corrected chi connectivity index (χ0v) is 4.87. The second-order valence-electron chi connectivity index (χ2n) is 1.77. The average molecular weight is 119 g/mol. The van der Waals surface area contributed by atoms with Gasteiger partial charge in [0.15, 0.2) is 0 Å². The lowest BCUT2D eigenvalue weighted by Gasteiger charge is -2.03. The topological polar surface area (TPSA) is 63.4 Å². The van der Waals surface area contributed by atoms with Crippen molar-refractivity contribution in [1.82, 2.24) is 0 Å². The summed E-state index contributed by atoms with van der Waals surface area (Å²) in [7, 11) is 0. The van der Waals surface area contributed by atoms with E-state index >= 15 is 0 Å². The molecule has 8 heavy (non-hydrogen) atoms. The summed E-state index contributed by atoms with van der Waals surface area (Å²) in [6, 6.07) is -0.852. The van der Waals surface area contributed by atoms with E-state index in [1.54, 1.807) is 0 Å². The molecule has 0 aromatic heterocycles. The van der Waals surface area contributed by atoms with Crippen LogP contribution in [0.4, 0.5) is 0 Å². The van der Waals surface area contributed by atoms with Gasteiger partial charge in [-0.3, -0.25) is 10.1 Å². The number of aliphatic hydroxyl groups is 1. The minimum Gasteiger partial charge on any atom is -0.386 e. The molecule has 0 spiro atoms. The van der Waals surface area contributed by atoms with E-state index in [-0.39, 0.29) is 0 Å². The van der Waals surface area contributed by atoms with Gasteiger partial charge in [0.05, 0.1) is 0 Å². The highest BCUT2D eigenvalue weighted by Gasteiger charge is 2.18. The maximum atomic E-state index is 9.79. The molecule has 0 fully saturated rings. The maximum absolute atomic E-state index is 9.79. The summed E-state index contributed by atoms with van der Waals surface area (Å²) in [4.78, 5) is 9.28. The molecule has 0 unspecified atom stereocenters. The molecule has 0 rings (SSSR count). The van der Waals surface area contributed by atoms with Crippen molar-refractivity contribution in [1.29, 1.82) is 0 Å². The van der Waals surface area contributed by atoms with Gasteiger partial charge in [-0.15, -0.1) is 0 Å². The third-order valence-corrected chi connectivity index (χ3v) is 1.03. The number of rotatable bonds is 2. The number of hydrogen-bond donors (Lipinski definition) is 1. The predicted molar refractivity (Wildman–Crippen MR) is 28.1 cm³/mol. The highest BCUT2D eigenvalue weighted by molar-refractivity contribution is 4.53. The lowest BCUT2D eigenvalue weighted by Crippen LogP contribution is -2.27. The first kappa shape index (κ1) is 7.36. The van der Waals surface area contributed by atoms with Crippen molar-refractivity contribution in [2.24, 2.45) is 0 Å². The Balaban J connectivity index is 3.64. The Kier molecular flexibility index (Phi) is 2.41. The van der Waals surface area contributed by atoms with Gasteiger partial charge in [-0.1, -0.05) is 0 Å². The summed E-state index contributed by atoms with van der Waals surface area (Å²) in [5, 5.41) is 18.3. The zero-order chi connectivity index (χ0) is 6.73. The highest BCUT2D eigenvalue weighted by Crippen LogP contribution is 1.93. The first-order chi connectivity index (χ1) is 3.55. The summed E-state index contributed by atoms with van der Waals surface area (Å²) in [6.07, 6.45) is -0.856. The lowest BCUT2D eigenvalue weighted by molar-refractivity contribution is -0.528. The van der Waals surface area contributed by atoms with Crippen LogP contribution in [0.2, 0.25) is 0 Å². The largest absolute Gasteiger partial charge is 0.386 e. The van der Waals surface area contributed by atoms with Crippen molar-refractivity contribution in [3.63, 3.8) is 0 Å². The van der Waals surface area contributed by atoms with Gasteiger partial charge in [0.25, 0.3) is 0 Å². The molecule has 2 atom stereocenters. The summed E-state index contributed by atoms with van der Waals surface area (Å²) >= 11 is 0. The van der Waals surface area contributed by atoms with E-state index in [9.17, 15) is 10.1 Å². The predicted octanol–water partition coefficient (Wildman–Crippen LogP) is 0.0324. The van der Waals surface area contributed by atoms with E-state index < -0.39 is 17.1 Å². The molecule has 0 aromatic rings. The molecule has 0 aliphatic carbocycles. The molecule has 4 nitrogen and oxygen atoms in total. The van der Waals surface area contributed by atoms with Gasteiger partial charge in [-0.2, -0.15) is 0 Å². The number of hydrogen-bond acceptors (Lipinski definition) is 3. The monoisotopic (exact) mass is 119 g/mol. The van der Waals surface area contributed by atoms with Gasteiger partial charge >= 0.3 is 0 Å². The molecule has 0 aromatic carbocycles. The van der Waals surface area contributed by atoms with Crippen molar-refractivity contribution < 1.29 is 10.0 Å². The van der Waals surface area contributed by atoms with Crippen LogP contribution in [-0.2, 0) is 0 Å². The average Bonchev–Trinajstić information content (AvgIpc) is 1.64. The molecule has 0 bridgehead atoms. The first-order valence-electron chi connectivity index (χ1n) is 2.37. The molecule has 0 radical (unpaired) electrons. The Morgan fingerprint density at radius 3 is 2.00 bits per heavy atom. The van der Waals surface area contributed by atoms with Gasteiger partial charge in [-0.25, -0.2) is 0 Å². The highest BCUT2D eigenvalue weighted by atomic mass is 16.6. The fourth-order valence-corrected chi connectivity index (χ4v) is 0.176. The van der Waals surface area contributed by atoms with Crippen molar-refractivity contribution in [2.75, 3.05) is 0 Å². The minimum absolute atomic E-state index is 0.509. The van der Waals surface area contributed by atoms with Crippen LogP contribution in [0, 0.1) is 10.1 Å². The van der Waals surface area contributed by atoms with Crippen LogP contribution in [0.15, 0.2) is 0 Å². The van der Waals surface area contributed by atoms with Gasteiger partial charge in [0.1, 0.15) is 6.10 Å². The Morgan fingerprint density at radius 1 is 1.62 bits per heavy atom. The molecular formula is C4H9NO3. The quantitative estimate of drug-likeness (QED) is 0.412. The smallest absolute Gasteiger partial charge is 0.235 e. The fraction of sp³-hybridized carbons (Fsp3) is 1.00. The van der Waals surface area contributed by atoms with Gasteiger partial charge in [0, 0.05) is 11.8 Å². The van der Waals surface area contributed by atoms with E-state index in [1.807, 2.05) is 0 Å². The molecule has 0 aliphatic heterocycles. The molecule has 0 heterocycles. The molecule has 1 N–H and O–H groups in total. The zero-order valence-electron chi connectivity index (χ0n) is 4.87. The summed E-state index contributed by atoms with van der Waals surface area (Å²) in [5.41, 5.74) is 0.